The topological polar surface area (TPSA) is 552 Å². The molecule has 3 aliphatic heterocycles. The SMILES string of the molecule is CCCC[C@H]1C(=O)N2CCC[C@@H]2C(=O)N[C@@H](CC(=O)O)C(=O)N[C@H](C(C)C)C(=O)N(C)[C@@H](Cc2ccccc2)C(=O)N[C@@H](CCC(=O)O)C(=O)N2CCCC[C@@H]2C(=O)N[C@H](Cc2c[nH]c3ccccc23)C(=O)N[C@@H](Cc2ccc(O)cc2)C(=O)N[C@@H](CCN)C(=O)N[C@@H](C(=O)NCC(N)=O)CSCC(=O)N[C@@H](Cc2cc(F)c(F)c(F)c2)C(=O)N(C)[C@@H](Cc2ccc(OC)cc2)C(=O)N1C. The van der Waals surface area contributed by atoms with Crippen LogP contribution in [0, 0.1) is 23.4 Å². The number of likely N-dealkylation sites (N-methyl/N-ethyl adjacent to an activating group) is 3. The molecule has 0 aliphatic carbocycles. The van der Waals surface area contributed by atoms with Gasteiger partial charge in [-0.3, -0.25) is 81.5 Å². The fourth-order valence-electron chi connectivity index (χ4n) is 16.5. The minimum atomic E-state index is -1.98. The van der Waals surface area contributed by atoms with E-state index in [9.17, 15) is 58.1 Å². The molecule has 42 heteroatoms. The predicted molar refractivity (Wildman–Crippen MR) is 487 cm³/mol. The zero-order chi connectivity index (χ0) is 98.6. The molecule has 0 spiro atoms. The first kappa shape index (κ1) is 105. The summed E-state index contributed by atoms with van der Waals surface area (Å²) in [5, 5.41) is 54.7. The number of amides is 15. The molecular formula is C93H118F3N17O21S. The number of H-pyrrole nitrogens is 1. The Balaban J connectivity index is 1.14. The molecule has 15 amide bonds. The Kier molecular flexibility index (Phi) is 38.8. The molecule has 17 N–H and O–H groups in total. The number of primary amides is 1. The maximum absolute atomic E-state index is 15.8. The minimum absolute atomic E-state index is 0.0635. The van der Waals surface area contributed by atoms with E-state index >= 15 is 51.9 Å². The number of aliphatic carboxylic acids is 2. The van der Waals surface area contributed by atoms with Gasteiger partial charge in [0.2, 0.25) is 88.6 Å². The van der Waals surface area contributed by atoms with Crippen molar-refractivity contribution in [1.82, 2.24) is 77.3 Å². The summed E-state index contributed by atoms with van der Waals surface area (Å²) in [6, 6.07) is 6.27. The van der Waals surface area contributed by atoms with Gasteiger partial charge in [0.15, 0.2) is 17.5 Å². The van der Waals surface area contributed by atoms with Gasteiger partial charge in [0.25, 0.3) is 0 Å². The van der Waals surface area contributed by atoms with Crippen LogP contribution in [0.5, 0.6) is 11.5 Å². The summed E-state index contributed by atoms with van der Waals surface area (Å²) in [7, 11) is 5.06. The second-order valence-corrected chi connectivity index (χ2v) is 35.1. The minimum Gasteiger partial charge on any atom is -0.508 e. The van der Waals surface area contributed by atoms with E-state index in [1.807, 2.05) is 0 Å². The number of para-hydroxylation sites is 1. The van der Waals surface area contributed by atoms with Gasteiger partial charge in [-0.05, 0) is 134 Å². The Labute approximate surface area is 781 Å². The van der Waals surface area contributed by atoms with Crippen molar-refractivity contribution < 1.29 is 115 Å². The van der Waals surface area contributed by atoms with E-state index in [1.165, 1.54) is 66.4 Å². The average Bonchev–Trinajstić information content (AvgIpc) is 1.77. The number of hydrogen-bond acceptors (Lipinski definition) is 21. The van der Waals surface area contributed by atoms with Gasteiger partial charge in [0, 0.05) is 95.6 Å². The van der Waals surface area contributed by atoms with E-state index in [2.05, 4.69) is 52.8 Å². The molecule has 9 rings (SSSR count). The number of benzene rings is 5. The lowest BCUT2D eigenvalue weighted by Crippen LogP contribution is -2.63. The van der Waals surface area contributed by atoms with Crippen molar-refractivity contribution in [2.45, 2.75) is 208 Å². The summed E-state index contributed by atoms with van der Waals surface area (Å²) >= 11 is 0.636. The zero-order valence-electron chi connectivity index (χ0n) is 76.0. The summed E-state index contributed by atoms with van der Waals surface area (Å²) in [6.07, 6.45) is -2.14. The van der Waals surface area contributed by atoms with Crippen LogP contribution in [-0.2, 0) is 114 Å². The third kappa shape index (κ3) is 29.2. The second-order valence-electron chi connectivity index (χ2n) is 34.0. The van der Waals surface area contributed by atoms with E-state index in [0.29, 0.717) is 75.6 Å². The van der Waals surface area contributed by atoms with Crippen LogP contribution in [0.1, 0.15) is 126 Å². The molecule has 1 aromatic heterocycles. The van der Waals surface area contributed by atoms with Crippen LogP contribution in [0.25, 0.3) is 10.9 Å². The number of halogens is 3. The molecule has 3 saturated heterocycles. The fraction of sp³-hybridized carbons (Fsp3) is 0.473. The molecule has 3 fully saturated rings. The van der Waals surface area contributed by atoms with Gasteiger partial charge in [-0.25, -0.2) is 13.2 Å². The number of aromatic hydroxyl groups is 1. The molecule has 6 aromatic rings. The monoisotopic (exact) mass is 1900 g/mol. The summed E-state index contributed by atoms with van der Waals surface area (Å²) in [4.78, 5) is 259. The van der Waals surface area contributed by atoms with E-state index < -0.39 is 253 Å². The van der Waals surface area contributed by atoms with E-state index in [4.69, 9.17) is 16.2 Å². The van der Waals surface area contributed by atoms with E-state index in [0.717, 1.165) is 24.5 Å². The zero-order valence-corrected chi connectivity index (χ0v) is 76.8. The second kappa shape index (κ2) is 49.9. The number of unbranched alkanes of at least 4 members (excludes halogenated alkanes) is 1. The van der Waals surface area contributed by atoms with Gasteiger partial charge >= 0.3 is 11.9 Å². The number of phenolic OH excluding ortho intramolecular Hbond substituents is 1. The number of hydrogen-bond donors (Lipinski definition) is 15. The summed E-state index contributed by atoms with van der Waals surface area (Å²) < 4.78 is 50.5. The lowest BCUT2D eigenvalue weighted by atomic mass is 9.97. The van der Waals surface area contributed by atoms with Crippen LogP contribution >= 0.6 is 11.8 Å². The number of carboxylic acids is 2. The molecule has 5 aromatic carbocycles. The van der Waals surface area contributed by atoms with Gasteiger partial charge in [0.05, 0.1) is 25.8 Å². The van der Waals surface area contributed by atoms with Crippen molar-refractivity contribution in [1.29, 1.82) is 0 Å². The number of thioether (sulfide) groups is 1. The number of carbonyl (C=O) groups is 17. The highest BCUT2D eigenvalue weighted by Gasteiger charge is 2.46. The number of phenols is 1. The number of nitrogens with one attached hydrogen (secondary N) is 10. The summed E-state index contributed by atoms with van der Waals surface area (Å²) in [5.41, 5.74) is 13.4. The highest BCUT2D eigenvalue weighted by Crippen LogP contribution is 2.29. The van der Waals surface area contributed by atoms with Crippen molar-refractivity contribution in [2.24, 2.45) is 17.4 Å². The van der Waals surface area contributed by atoms with Crippen molar-refractivity contribution in [3.63, 3.8) is 0 Å². The normalized spacial score (nSPS) is 23.4. The first-order valence-electron chi connectivity index (χ1n) is 44.5. The molecule has 13 atom stereocenters. The average molecular weight is 1900 g/mol. The molecule has 38 nitrogen and oxygen atoms in total. The third-order valence-electron chi connectivity index (χ3n) is 24.0. The Morgan fingerprint density at radius 1 is 0.533 bits per heavy atom. The molecule has 3 aliphatic rings. The van der Waals surface area contributed by atoms with E-state index in [1.54, 1.807) is 92.0 Å². The number of carbonyl (C=O) groups excluding carboxylic acids is 15. The number of piperidine rings is 1. The van der Waals surface area contributed by atoms with Crippen LogP contribution < -0.4 is 64.1 Å². The van der Waals surface area contributed by atoms with Crippen molar-refractivity contribution in [2.75, 3.05) is 65.9 Å². The molecular weight excluding hydrogens is 1780 g/mol. The van der Waals surface area contributed by atoms with Gasteiger partial charge < -0.3 is 109 Å². The van der Waals surface area contributed by atoms with Crippen LogP contribution in [0.3, 0.4) is 0 Å². The summed E-state index contributed by atoms with van der Waals surface area (Å²) in [5.74, 6) is -25.6. The Hall–Kier alpha value is -13.7. The molecule has 0 radical (unpaired) electrons. The predicted octanol–water partition coefficient (Wildman–Crippen LogP) is 1.43. The fourth-order valence-corrected chi connectivity index (χ4v) is 17.4. The molecule has 135 heavy (non-hydrogen) atoms. The van der Waals surface area contributed by atoms with Crippen LogP contribution in [-0.4, -0.2) is 290 Å². The summed E-state index contributed by atoms with van der Waals surface area (Å²) in [6.45, 7) is 3.42. The van der Waals surface area contributed by atoms with Gasteiger partial charge in [-0.15, -0.1) is 11.8 Å². The third-order valence-corrected chi connectivity index (χ3v) is 25.0. The lowest BCUT2D eigenvalue weighted by Gasteiger charge is -2.38. The van der Waals surface area contributed by atoms with Crippen LogP contribution in [0.2, 0.25) is 0 Å². The highest BCUT2D eigenvalue weighted by molar-refractivity contribution is 8.00. The number of nitrogens with zero attached hydrogens (tertiary/aromatic N) is 5. The van der Waals surface area contributed by atoms with Gasteiger partial charge in [-0.1, -0.05) is 106 Å². The largest absolute Gasteiger partial charge is 0.508 e. The molecule has 0 unspecified atom stereocenters. The maximum Gasteiger partial charge on any atom is 0.305 e. The number of aromatic amines is 1. The van der Waals surface area contributed by atoms with Crippen molar-refractivity contribution in [3.05, 3.63) is 167 Å². The van der Waals surface area contributed by atoms with Crippen molar-refractivity contribution in [3.8, 4) is 11.5 Å². The number of fused-ring (bicyclic) bond motifs is 3. The van der Waals surface area contributed by atoms with Crippen molar-refractivity contribution >= 4 is 123 Å². The first-order chi connectivity index (χ1) is 64.3. The Morgan fingerprint density at radius 2 is 1.07 bits per heavy atom. The Bertz CT molecular complexity index is 5250. The molecule has 0 bridgehead atoms. The smallest absolute Gasteiger partial charge is 0.305 e. The number of methoxy groups -OCH3 is 1. The quantitative estimate of drug-likeness (QED) is 0.0360. The van der Waals surface area contributed by atoms with Crippen LogP contribution in [0.4, 0.5) is 13.2 Å². The maximum atomic E-state index is 15.8. The van der Waals surface area contributed by atoms with Gasteiger partial charge in [0.1, 0.15) is 90.0 Å². The number of nitrogens with two attached hydrogens (primary N) is 2. The standard InChI is InChI=1S/C93H118F3N17O21S/c1-8-9-22-72-92(132)113-38-17-24-71(113)87(127)106-67(46-78(119)120)85(125)108-80(51(2)3)93(133)110(5)73(43-52-18-11-10-12-19-52)88(128)103-64(33-34-77(117)118)90(130)112-37-16-15-23-70(112)86(126)105-66(45-56-47-99-62-21-14-13-20-59(56)62)84(124)104-65(41-53-25-29-57(114)30-26-53)83(123)102-63(35-36-97)82(122)107-69(81(121)100-48-75(98)115)49-135-50-76(116)101-68(42-55-39-60(94)79(96)61(95)40-55)89(129)111(6)74(91(131)109(72)4)44-54-27-31-58(134-7)32-28-54/h10-14,18-21,25-32,39-40,47,51,63-74,80,99,114H,8-9,15-17,22-24,33-38,41-46,48-50,97H2,1-7H3,(H2,98,115)(H,100,121)(H,101,116)(H,102,123)(H,103,128)(H,104,124)(H,105,126)(H,106,127)(H,107,122)(H,108,125)(H,117,118)(H,119,120)/t63-,64-,65-,66+,67-,68-,69+,70+,71+,72-,73-,74-,80+/m0/s1. The Morgan fingerprint density at radius 3 is 1.70 bits per heavy atom. The molecule has 0 saturated carbocycles. The lowest BCUT2D eigenvalue weighted by molar-refractivity contribution is -0.152. The van der Waals surface area contributed by atoms with Crippen LogP contribution in [0.15, 0.2) is 121 Å². The molecule has 728 valence electrons. The number of carboxylic acid groups (broad SMARTS) is 2. The first-order valence-corrected chi connectivity index (χ1v) is 45.7. The number of aromatic nitrogens is 1. The van der Waals surface area contributed by atoms with E-state index in [-0.39, 0.29) is 95.2 Å². The highest BCUT2D eigenvalue weighted by atomic mass is 32.2. The van der Waals surface area contributed by atoms with Gasteiger partial charge in [-0.2, -0.15) is 0 Å². The number of ether oxygens (including phenoxy) is 1. The number of rotatable bonds is 25. The molecule has 4 heterocycles.